The molecule has 3 fully saturated rings. The number of nitrogens with one attached hydrogen (secondary N) is 4. The van der Waals surface area contributed by atoms with Gasteiger partial charge >= 0.3 is 12.1 Å². The summed E-state index contributed by atoms with van der Waals surface area (Å²) >= 11 is 0. The zero-order valence-electron chi connectivity index (χ0n) is 63.5. The predicted molar refractivity (Wildman–Crippen MR) is 419 cm³/mol. The number of urea groups is 1. The summed E-state index contributed by atoms with van der Waals surface area (Å²) in [5.41, 5.74) is 16.9. The number of carbonyl (C=O) groups excluding carboxylic acids is 3. The summed E-state index contributed by atoms with van der Waals surface area (Å²) in [4.78, 5) is 59.0. The maximum absolute atomic E-state index is 12.7. The molecule has 15 rings (SSSR count). The fraction of sp³-hybridized carbons (Fsp3) is 0.329. The normalized spacial score (nSPS) is 15.4. The van der Waals surface area contributed by atoms with Crippen LogP contribution < -0.4 is 69.1 Å². The second-order valence-electron chi connectivity index (χ2n) is 27.5. The fourth-order valence-corrected chi connectivity index (χ4v) is 14.5. The average Bonchev–Trinajstić information content (AvgIpc) is 1.61. The third kappa shape index (κ3) is 15.8. The van der Waals surface area contributed by atoms with Gasteiger partial charge in [-0.2, -0.15) is 15.3 Å². The van der Waals surface area contributed by atoms with Crippen LogP contribution >= 0.6 is 0 Å². The smallest absolute Gasteiger partial charge is 0.412 e. The molecule has 0 radical (unpaired) electrons. The van der Waals surface area contributed by atoms with E-state index >= 15 is 0 Å². The highest BCUT2D eigenvalue weighted by Gasteiger charge is 2.32. The molecule has 26 heteroatoms. The molecule has 3 aliphatic heterocycles. The second kappa shape index (κ2) is 32.2. The highest BCUT2D eigenvalue weighted by Crippen LogP contribution is 2.40. The van der Waals surface area contributed by atoms with E-state index in [1.165, 1.54) is 0 Å². The quantitative estimate of drug-likeness (QED) is 0.0622. The molecular formula is C82H92N16O10. The molecule has 0 unspecified atom stereocenters. The lowest BCUT2D eigenvalue weighted by Gasteiger charge is -2.20. The van der Waals surface area contributed by atoms with Crippen LogP contribution in [-0.2, 0) is 0 Å². The monoisotopic (exact) mass is 1460 g/mol. The Morgan fingerprint density at radius 1 is 0.417 bits per heavy atom. The van der Waals surface area contributed by atoms with Crippen molar-refractivity contribution in [3.05, 3.63) is 185 Å². The molecule has 4 N–H and O–H groups in total. The first-order valence-electron chi connectivity index (χ1n) is 36.1. The zero-order chi connectivity index (χ0) is 76.0. The van der Waals surface area contributed by atoms with Crippen LogP contribution in [0.4, 0.5) is 26.7 Å². The Labute approximate surface area is 627 Å². The van der Waals surface area contributed by atoms with Gasteiger partial charge < -0.3 is 69.1 Å². The highest BCUT2D eigenvalue weighted by atomic mass is 16.6. The van der Waals surface area contributed by atoms with E-state index in [1.807, 2.05) is 196 Å². The minimum absolute atomic E-state index is 0.0408. The van der Waals surface area contributed by atoms with Gasteiger partial charge in [0.2, 0.25) is 0 Å². The van der Waals surface area contributed by atoms with Gasteiger partial charge in [-0.25, -0.2) is 38.1 Å². The first kappa shape index (κ1) is 73.9. The molecule has 6 aromatic carbocycles. The standard InChI is InChI=1S/C31H31N5O4.C27H29N5O3.C24H32N6O3/c1-19-15-26(30-32-20(2)29(36(30)34-19)23-10-12-27(38-3)28(17-23)39-4)35-14-13-24(18-35)33-31(37)40-25-11-9-21-7-5-6-8-22(21)16-25;1-17-14-22(31-13-12-21(16-31)29-27(33)19-8-6-5-7-9-19)26-28-18(2)25(32(26)30-17)20-10-11-23(34-3)24(15-20)35-4;1-14(2)25-24(31)27-18-9-10-29(13-18)19-11-15(3)28-30-22(16(4)26-23(19)30)17-7-8-20(32-5)21(12-17)33-6/h5-12,15-17,24H,13-14,18H2,1-4H3,(H,33,37);5-11,14-15,21H,12-13,16H2,1-4H3,(H,29,33);7-8,11-12,14,18H,9-10,13H2,1-6H3,(H2,25,27,31)/t24-;21-;18-/m111/s1. The van der Waals surface area contributed by atoms with E-state index in [9.17, 15) is 14.4 Å². The molecule has 0 bridgehead atoms. The third-order valence-electron chi connectivity index (χ3n) is 19.5. The summed E-state index contributed by atoms with van der Waals surface area (Å²) in [5, 5.41) is 28.7. The number of aromatic nitrogens is 9. The number of anilines is 3. The van der Waals surface area contributed by atoms with Gasteiger partial charge in [0.15, 0.2) is 51.4 Å². The van der Waals surface area contributed by atoms with Gasteiger partial charge in [0, 0.05) is 79.6 Å². The molecule has 0 spiro atoms. The van der Waals surface area contributed by atoms with E-state index in [2.05, 4.69) is 54.2 Å². The molecule has 26 nitrogen and oxygen atoms in total. The van der Waals surface area contributed by atoms with Crippen molar-refractivity contribution >= 4 is 62.8 Å². The van der Waals surface area contributed by atoms with E-state index in [-0.39, 0.29) is 36.1 Å². The van der Waals surface area contributed by atoms with E-state index in [0.717, 1.165) is 165 Å². The summed E-state index contributed by atoms with van der Waals surface area (Å²) in [7, 11) is 9.75. The Kier molecular flexibility index (Phi) is 22.0. The predicted octanol–water partition coefficient (Wildman–Crippen LogP) is 12.9. The number of ether oxygens (including phenoxy) is 7. The number of aryl methyl sites for hydroxylation is 6. The SMILES string of the molecule is COc1ccc(-c2c(C)nc3c(N4CC[C@@H](NC(=O)NC(C)C)C4)cc(C)nn23)cc1OC.COc1ccc(-c2c(C)nc3c(N4CC[C@@H](NC(=O)Oc5ccc6ccccc6c5)C4)cc(C)nn23)cc1OC.COc1ccc(-c2c(C)nc3c(N4CC[C@@H](NC(=O)c5ccccc5)C4)cc(C)nn23)cc1OC. The Morgan fingerprint density at radius 2 is 0.796 bits per heavy atom. The average molecular weight is 1460 g/mol. The number of carbonyl (C=O) groups is 3. The Bertz CT molecular complexity index is 5310. The van der Waals surface area contributed by atoms with Crippen molar-refractivity contribution in [3.63, 3.8) is 0 Å². The van der Waals surface area contributed by atoms with Crippen LogP contribution in [0, 0.1) is 41.5 Å². The highest BCUT2D eigenvalue weighted by molar-refractivity contribution is 5.94. The van der Waals surface area contributed by atoms with Crippen molar-refractivity contribution in [1.82, 2.24) is 65.1 Å². The number of hydrogen-bond donors (Lipinski definition) is 4. The van der Waals surface area contributed by atoms with Crippen molar-refractivity contribution < 1.29 is 47.5 Å². The summed E-state index contributed by atoms with van der Waals surface area (Å²) in [6, 6.07) is 46.7. The van der Waals surface area contributed by atoms with Gasteiger partial charge in [-0.3, -0.25) is 4.79 Å². The van der Waals surface area contributed by atoms with Gasteiger partial charge in [0.25, 0.3) is 5.91 Å². The Hall–Kier alpha value is -12.4. The lowest BCUT2D eigenvalue weighted by Crippen LogP contribution is -2.45. The van der Waals surface area contributed by atoms with Crippen molar-refractivity contribution in [3.8, 4) is 74.0 Å². The van der Waals surface area contributed by atoms with Crippen LogP contribution in [0.2, 0.25) is 0 Å². The van der Waals surface area contributed by atoms with Crippen LogP contribution in [0.25, 0.3) is 61.5 Å². The molecule has 3 saturated heterocycles. The maximum atomic E-state index is 12.7. The molecule has 6 aromatic heterocycles. The van der Waals surface area contributed by atoms with Crippen molar-refractivity contribution in [1.29, 1.82) is 0 Å². The van der Waals surface area contributed by atoms with Gasteiger partial charge in [-0.05, 0) is 182 Å². The number of fused-ring (bicyclic) bond motifs is 4. The molecule has 9 heterocycles. The number of methoxy groups -OCH3 is 6. The third-order valence-corrected chi connectivity index (χ3v) is 19.5. The van der Waals surface area contributed by atoms with E-state index < -0.39 is 6.09 Å². The first-order chi connectivity index (χ1) is 52.2. The molecule has 3 aliphatic rings. The minimum Gasteiger partial charge on any atom is -0.493 e. The number of benzene rings is 6. The van der Waals surface area contributed by atoms with E-state index in [4.69, 9.17) is 63.4 Å². The zero-order valence-corrected chi connectivity index (χ0v) is 63.5. The molecule has 108 heavy (non-hydrogen) atoms. The van der Waals surface area contributed by atoms with Gasteiger partial charge in [0.05, 0.1) is 117 Å². The number of amides is 4. The Balaban J connectivity index is 0.000000144. The van der Waals surface area contributed by atoms with Crippen molar-refractivity contribution in [2.75, 3.05) is 96.6 Å². The molecule has 0 saturated carbocycles. The number of hydrogen-bond acceptors (Lipinski definition) is 19. The summed E-state index contributed by atoms with van der Waals surface area (Å²) < 4.78 is 44.1. The van der Waals surface area contributed by atoms with Crippen LogP contribution in [0.5, 0.6) is 40.2 Å². The maximum Gasteiger partial charge on any atom is 0.412 e. The minimum atomic E-state index is -0.453. The van der Waals surface area contributed by atoms with Crippen molar-refractivity contribution in [2.45, 2.75) is 98.8 Å². The van der Waals surface area contributed by atoms with Crippen LogP contribution in [0.3, 0.4) is 0 Å². The van der Waals surface area contributed by atoms with Gasteiger partial charge in [-0.1, -0.05) is 48.5 Å². The fourth-order valence-electron chi connectivity index (χ4n) is 14.5. The van der Waals surface area contributed by atoms with E-state index in [1.54, 1.807) is 42.7 Å². The second-order valence-corrected chi connectivity index (χ2v) is 27.5. The van der Waals surface area contributed by atoms with Gasteiger partial charge in [0.1, 0.15) is 5.75 Å². The Morgan fingerprint density at radius 3 is 1.19 bits per heavy atom. The lowest BCUT2D eigenvalue weighted by molar-refractivity contribution is 0.0940. The topological polar surface area (TPSA) is 264 Å². The summed E-state index contributed by atoms with van der Waals surface area (Å²) in [6.45, 7) is 20.3. The molecule has 3 atom stereocenters. The largest absolute Gasteiger partial charge is 0.493 e. The number of nitrogens with zero attached hydrogens (tertiary/aromatic N) is 12. The van der Waals surface area contributed by atoms with Gasteiger partial charge in [-0.15, -0.1) is 0 Å². The van der Waals surface area contributed by atoms with Crippen LogP contribution in [-0.4, -0.2) is 168 Å². The number of imidazole rings is 3. The first-order valence-corrected chi connectivity index (χ1v) is 36.1. The molecule has 4 amide bonds. The van der Waals surface area contributed by atoms with E-state index in [0.29, 0.717) is 52.4 Å². The number of rotatable bonds is 18. The van der Waals surface area contributed by atoms with Crippen LogP contribution in [0.1, 0.15) is 77.6 Å². The molecule has 0 aliphatic carbocycles. The summed E-state index contributed by atoms with van der Waals surface area (Å²) in [5.74, 6) is 4.45. The molecule has 560 valence electrons. The van der Waals surface area contributed by atoms with Crippen LogP contribution in [0.15, 0.2) is 146 Å². The molecule has 12 aromatic rings. The molecular weight excluding hydrogens is 1370 g/mol. The lowest BCUT2D eigenvalue weighted by atomic mass is 10.1. The summed E-state index contributed by atoms with van der Waals surface area (Å²) in [6.07, 6.45) is 2.09. The van der Waals surface area contributed by atoms with Crippen molar-refractivity contribution in [2.24, 2.45) is 0 Å².